The number of benzene rings is 1. The van der Waals surface area contributed by atoms with Gasteiger partial charge in [0.25, 0.3) is 0 Å². The predicted octanol–water partition coefficient (Wildman–Crippen LogP) is 2.05. The smallest absolute Gasteiger partial charge is 0.143 e. The van der Waals surface area contributed by atoms with Crippen LogP contribution in [0.4, 0.5) is 0 Å². The Balaban J connectivity index is 0.00000144. The van der Waals surface area contributed by atoms with Crippen LogP contribution in [-0.2, 0) is 6.42 Å². The van der Waals surface area contributed by atoms with E-state index in [1.807, 2.05) is 12.1 Å². The highest BCUT2D eigenvalue weighted by molar-refractivity contribution is 6.30. The molecule has 0 amide bonds. The van der Waals surface area contributed by atoms with Crippen LogP contribution in [0, 0.1) is 0 Å². The van der Waals surface area contributed by atoms with Crippen LogP contribution in [-0.4, -0.2) is 11.0 Å². The van der Waals surface area contributed by atoms with E-state index in [9.17, 15) is 0 Å². The molecule has 1 rings (SSSR count). The fourth-order valence-electron chi connectivity index (χ4n) is 0.847. The number of oxime groups is 1. The zero-order valence-electron chi connectivity index (χ0n) is 6.77. The Labute approximate surface area is 87.6 Å². The second-order valence-electron chi connectivity index (χ2n) is 2.39. The lowest BCUT2D eigenvalue weighted by Crippen LogP contribution is -2.14. The Morgan fingerprint density at radius 2 is 1.92 bits per heavy atom. The van der Waals surface area contributed by atoms with Gasteiger partial charge in [-0.3, -0.25) is 0 Å². The zero-order chi connectivity index (χ0) is 8.97. The molecular weight excluding hydrogens is 211 g/mol. The van der Waals surface area contributed by atoms with Crippen molar-refractivity contribution in [3.05, 3.63) is 34.9 Å². The van der Waals surface area contributed by atoms with Crippen LogP contribution in [0.2, 0.25) is 5.02 Å². The lowest BCUT2D eigenvalue weighted by Gasteiger charge is -1.98. The highest BCUT2D eigenvalue weighted by Crippen LogP contribution is 2.09. The maximum atomic E-state index is 8.29. The topological polar surface area (TPSA) is 58.6 Å². The first-order valence-corrected chi connectivity index (χ1v) is 3.81. The molecule has 0 unspecified atom stereocenters. The lowest BCUT2D eigenvalue weighted by molar-refractivity contribution is 0.317. The molecule has 0 aliphatic carbocycles. The number of hydrogen-bond donors (Lipinski definition) is 2. The summed E-state index contributed by atoms with van der Waals surface area (Å²) in [5.41, 5.74) is 6.28. The molecule has 0 aliphatic rings. The number of halogens is 2. The van der Waals surface area contributed by atoms with E-state index < -0.39 is 0 Å². The summed E-state index contributed by atoms with van der Waals surface area (Å²) in [6, 6.07) is 7.20. The van der Waals surface area contributed by atoms with Gasteiger partial charge in [0.05, 0.1) is 0 Å². The second kappa shape index (κ2) is 5.67. The third-order valence-corrected chi connectivity index (χ3v) is 1.68. The van der Waals surface area contributed by atoms with Gasteiger partial charge in [0.15, 0.2) is 0 Å². The summed E-state index contributed by atoms with van der Waals surface area (Å²) >= 11 is 5.67. The summed E-state index contributed by atoms with van der Waals surface area (Å²) < 4.78 is 0. The molecule has 1 aromatic carbocycles. The Hall–Kier alpha value is -0.930. The molecule has 5 heteroatoms. The minimum absolute atomic E-state index is 0. The van der Waals surface area contributed by atoms with Crippen molar-refractivity contribution < 1.29 is 5.21 Å². The quantitative estimate of drug-likeness (QED) is 0.347. The van der Waals surface area contributed by atoms with E-state index in [1.54, 1.807) is 12.1 Å². The van der Waals surface area contributed by atoms with Crippen molar-refractivity contribution in [3.8, 4) is 0 Å². The van der Waals surface area contributed by atoms with E-state index in [4.69, 9.17) is 22.5 Å². The van der Waals surface area contributed by atoms with Gasteiger partial charge in [0.1, 0.15) is 5.84 Å². The van der Waals surface area contributed by atoms with E-state index in [2.05, 4.69) is 5.16 Å². The molecule has 0 fully saturated rings. The number of hydrogen-bond acceptors (Lipinski definition) is 2. The molecular formula is C8H10Cl2N2O. The Kier molecular flexibility index (Phi) is 5.26. The molecule has 0 spiro atoms. The van der Waals surface area contributed by atoms with Gasteiger partial charge in [0, 0.05) is 11.4 Å². The predicted molar refractivity (Wildman–Crippen MR) is 55.8 cm³/mol. The summed E-state index contributed by atoms with van der Waals surface area (Å²) in [5.74, 6) is 0.192. The molecule has 0 saturated carbocycles. The molecule has 0 aliphatic heterocycles. The average Bonchev–Trinajstić information content (AvgIpc) is 2.09. The van der Waals surface area contributed by atoms with Crippen LogP contribution in [0.5, 0.6) is 0 Å². The fraction of sp³-hybridized carbons (Fsp3) is 0.125. The van der Waals surface area contributed by atoms with Crippen LogP contribution in [0.15, 0.2) is 29.4 Å². The molecule has 0 aromatic heterocycles. The lowest BCUT2D eigenvalue weighted by atomic mass is 10.1. The standard InChI is InChI=1S/C8H9ClN2O.ClH/c9-7-3-1-6(2-4-7)5-8(10)11-12;/h1-4,12H,5H2,(H2,10,11);1H. The molecule has 0 saturated heterocycles. The molecule has 0 radical (unpaired) electrons. The van der Waals surface area contributed by atoms with Gasteiger partial charge in [-0.05, 0) is 17.7 Å². The maximum Gasteiger partial charge on any atom is 0.143 e. The van der Waals surface area contributed by atoms with Gasteiger partial charge in [0.2, 0.25) is 0 Å². The van der Waals surface area contributed by atoms with E-state index in [-0.39, 0.29) is 18.2 Å². The summed E-state index contributed by atoms with van der Waals surface area (Å²) in [5, 5.41) is 11.8. The van der Waals surface area contributed by atoms with Crippen molar-refractivity contribution in [1.29, 1.82) is 0 Å². The van der Waals surface area contributed by atoms with Gasteiger partial charge < -0.3 is 10.9 Å². The van der Waals surface area contributed by atoms with Crippen molar-refractivity contribution in [2.24, 2.45) is 10.9 Å². The van der Waals surface area contributed by atoms with Gasteiger partial charge in [-0.25, -0.2) is 0 Å². The van der Waals surface area contributed by atoms with Crippen LogP contribution >= 0.6 is 24.0 Å². The summed E-state index contributed by atoms with van der Waals surface area (Å²) in [7, 11) is 0. The van der Waals surface area contributed by atoms with Crippen molar-refractivity contribution in [3.63, 3.8) is 0 Å². The number of amidine groups is 1. The maximum absolute atomic E-state index is 8.29. The van der Waals surface area contributed by atoms with Crippen molar-refractivity contribution in [2.75, 3.05) is 0 Å². The van der Waals surface area contributed by atoms with Crippen LogP contribution in [0.1, 0.15) is 5.56 Å². The summed E-state index contributed by atoms with van der Waals surface area (Å²) in [6.07, 6.45) is 0.438. The van der Waals surface area contributed by atoms with E-state index in [1.165, 1.54) is 0 Å². The minimum Gasteiger partial charge on any atom is -0.409 e. The molecule has 1 aromatic rings. The van der Waals surface area contributed by atoms with Gasteiger partial charge >= 0.3 is 0 Å². The minimum atomic E-state index is 0. The summed E-state index contributed by atoms with van der Waals surface area (Å²) in [4.78, 5) is 0. The van der Waals surface area contributed by atoms with Crippen molar-refractivity contribution in [1.82, 2.24) is 0 Å². The first-order chi connectivity index (χ1) is 5.72. The molecule has 3 nitrogen and oxygen atoms in total. The molecule has 0 bridgehead atoms. The van der Waals surface area contributed by atoms with E-state index in [0.29, 0.717) is 11.4 Å². The third-order valence-electron chi connectivity index (χ3n) is 1.43. The number of nitrogens with zero attached hydrogens (tertiary/aromatic N) is 1. The third kappa shape index (κ3) is 4.01. The molecule has 0 heterocycles. The first-order valence-electron chi connectivity index (χ1n) is 3.43. The average molecular weight is 221 g/mol. The van der Waals surface area contributed by atoms with Crippen molar-refractivity contribution in [2.45, 2.75) is 6.42 Å². The highest BCUT2D eigenvalue weighted by atomic mass is 35.5. The highest BCUT2D eigenvalue weighted by Gasteiger charge is 1.96. The largest absolute Gasteiger partial charge is 0.409 e. The molecule has 13 heavy (non-hydrogen) atoms. The Bertz CT molecular complexity index is 285. The Morgan fingerprint density at radius 3 is 2.38 bits per heavy atom. The van der Waals surface area contributed by atoms with Gasteiger partial charge in [-0.2, -0.15) is 0 Å². The zero-order valence-corrected chi connectivity index (χ0v) is 8.35. The van der Waals surface area contributed by atoms with Crippen LogP contribution in [0.25, 0.3) is 0 Å². The van der Waals surface area contributed by atoms with Crippen molar-refractivity contribution >= 4 is 29.8 Å². The molecule has 72 valence electrons. The number of rotatable bonds is 2. The van der Waals surface area contributed by atoms with Gasteiger partial charge in [-0.1, -0.05) is 28.9 Å². The molecule has 0 atom stereocenters. The second-order valence-corrected chi connectivity index (χ2v) is 2.83. The Morgan fingerprint density at radius 1 is 1.38 bits per heavy atom. The SMILES string of the molecule is Cl.NC(Cc1ccc(Cl)cc1)=NO. The van der Waals surface area contributed by atoms with E-state index in [0.717, 1.165) is 5.56 Å². The summed E-state index contributed by atoms with van der Waals surface area (Å²) in [6.45, 7) is 0. The monoisotopic (exact) mass is 220 g/mol. The van der Waals surface area contributed by atoms with E-state index >= 15 is 0 Å². The fourth-order valence-corrected chi connectivity index (χ4v) is 0.973. The van der Waals surface area contributed by atoms with Gasteiger partial charge in [-0.15, -0.1) is 12.4 Å². The normalized spacial score (nSPS) is 10.7. The van der Waals surface area contributed by atoms with Crippen LogP contribution in [0.3, 0.4) is 0 Å². The van der Waals surface area contributed by atoms with Crippen LogP contribution < -0.4 is 5.73 Å². The molecule has 3 N–H and O–H groups in total. The first kappa shape index (κ1) is 12.1. The number of nitrogens with two attached hydrogens (primary N) is 1.